The Morgan fingerprint density at radius 2 is 1.81 bits per heavy atom. The fourth-order valence-corrected chi connectivity index (χ4v) is 3.13. The van der Waals surface area contributed by atoms with E-state index < -0.39 is 0 Å². The van der Waals surface area contributed by atoms with Gasteiger partial charge in [0, 0.05) is 35.9 Å². The third-order valence-electron chi connectivity index (χ3n) is 4.44. The molecule has 2 heterocycles. The zero-order valence-electron chi connectivity index (χ0n) is 14.5. The molecule has 5 heteroatoms. The zero-order chi connectivity index (χ0) is 18.7. The van der Waals surface area contributed by atoms with Crippen LogP contribution in [-0.2, 0) is 6.54 Å². The number of pyridine rings is 1. The minimum Gasteiger partial charge on any atom is -0.343 e. The van der Waals surface area contributed by atoms with Gasteiger partial charge in [0.1, 0.15) is 12.1 Å². The van der Waals surface area contributed by atoms with Crippen LogP contribution >= 0.6 is 0 Å². The summed E-state index contributed by atoms with van der Waals surface area (Å²) in [6, 6.07) is 13.5. The third kappa shape index (κ3) is 2.93. The highest BCUT2D eigenvalue weighted by atomic mass is 15.0. The summed E-state index contributed by atoms with van der Waals surface area (Å²) in [5.74, 6) is 0. The molecule has 0 atom stereocenters. The van der Waals surface area contributed by atoms with E-state index in [0.29, 0.717) is 23.4 Å². The summed E-state index contributed by atoms with van der Waals surface area (Å²) in [6.45, 7) is 11.5. The lowest BCUT2D eigenvalue weighted by Gasteiger charge is -2.10. The second-order valence-electron chi connectivity index (χ2n) is 5.97. The lowest BCUT2D eigenvalue weighted by atomic mass is 10.0. The highest BCUT2D eigenvalue weighted by molar-refractivity contribution is 5.76. The van der Waals surface area contributed by atoms with E-state index in [-0.39, 0.29) is 0 Å². The summed E-state index contributed by atoms with van der Waals surface area (Å²) >= 11 is 0. The zero-order valence-corrected chi connectivity index (χ0v) is 14.5. The van der Waals surface area contributed by atoms with Gasteiger partial charge < -0.3 is 4.57 Å². The van der Waals surface area contributed by atoms with Gasteiger partial charge in [0.15, 0.2) is 5.69 Å². The molecule has 0 saturated carbocycles. The van der Waals surface area contributed by atoms with E-state index in [0.717, 1.165) is 28.1 Å². The average molecular weight is 337 g/mol. The van der Waals surface area contributed by atoms with Crippen LogP contribution in [0, 0.1) is 43.1 Å². The fraction of sp³-hybridized carbons (Fsp3) is 0.143. The number of aromatic nitrogens is 2. The highest BCUT2D eigenvalue weighted by Gasteiger charge is 2.19. The van der Waals surface area contributed by atoms with Gasteiger partial charge in [-0.1, -0.05) is 24.3 Å². The maximum absolute atomic E-state index is 9.68. The molecule has 0 radical (unpaired) electrons. The molecule has 0 bridgehead atoms. The van der Waals surface area contributed by atoms with Crippen LogP contribution in [0.3, 0.4) is 0 Å². The van der Waals surface area contributed by atoms with Crippen molar-refractivity contribution >= 4 is 5.69 Å². The Bertz CT molecular complexity index is 1100. The van der Waals surface area contributed by atoms with E-state index >= 15 is 0 Å². The molecular formula is C21H15N5. The molecule has 0 fully saturated rings. The fourth-order valence-electron chi connectivity index (χ4n) is 3.13. The van der Waals surface area contributed by atoms with E-state index in [1.165, 1.54) is 6.20 Å². The molecule has 0 amide bonds. The summed E-state index contributed by atoms with van der Waals surface area (Å²) in [4.78, 5) is 7.52. The molecule has 2 aromatic heterocycles. The van der Waals surface area contributed by atoms with Crippen LogP contribution in [-0.4, -0.2) is 9.55 Å². The second kappa shape index (κ2) is 6.93. The Hall–Kier alpha value is -3.88. The molecule has 3 aromatic rings. The maximum Gasteiger partial charge on any atom is 0.187 e. The summed E-state index contributed by atoms with van der Waals surface area (Å²) in [7, 11) is 0. The molecule has 0 spiro atoms. The standard InChI is InChI=1S/C21H15N5/c1-14-20(10-23)21(18-4-6-19(24-3)7-5-18)15(2)26(14)13-17-8-16(9-22)11-25-12-17/h4-8,11-12H,13H2,1-2H3. The van der Waals surface area contributed by atoms with E-state index in [1.54, 1.807) is 18.3 Å². The van der Waals surface area contributed by atoms with E-state index in [2.05, 4.69) is 26.5 Å². The first-order valence-electron chi connectivity index (χ1n) is 8.00. The number of nitriles is 2. The topological polar surface area (TPSA) is 69.8 Å². The molecule has 1 aromatic carbocycles. The minimum absolute atomic E-state index is 0.514. The van der Waals surface area contributed by atoms with Crippen LogP contribution < -0.4 is 0 Å². The first kappa shape index (κ1) is 17.0. The number of nitrogens with zero attached hydrogens (tertiary/aromatic N) is 5. The summed E-state index contributed by atoms with van der Waals surface area (Å²) < 4.78 is 2.06. The first-order chi connectivity index (χ1) is 12.6. The lowest BCUT2D eigenvalue weighted by Crippen LogP contribution is -2.05. The van der Waals surface area contributed by atoms with Crippen molar-refractivity contribution in [3.05, 3.63) is 82.2 Å². The monoisotopic (exact) mass is 337 g/mol. The van der Waals surface area contributed by atoms with Crippen molar-refractivity contribution in [2.24, 2.45) is 0 Å². The molecule has 124 valence electrons. The van der Waals surface area contributed by atoms with Gasteiger partial charge in [-0.2, -0.15) is 10.5 Å². The van der Waals surface area contributed by atoms with Crippen LogP contribution in [0.4, 0.5) is 5.69 Å². The van der Waals surface area contributed by atoms with E-state index in [4.69, 9.17) is 11.8 Å². The molecule has 3 rings (SSSR count). The van der Waals surface area contributed by atoms with Gasteiger partial charge in [-0.15, -0.1) is 0 Å². The summed E-state index contributed by atoms with van der Waals surface area (Å²) in [6.07, 6.45) is 3.26. The second-order valence-corrected chi connectivity index (χ2v) is 5.97. The molecule has 0 saturated heterocycles. The highest BCUT2D eigenvalue weighted by Crippen LogP contribution is 2.33. The number of rotatable bonds is 3. The molecular weight excluding hydrogens is 322 g/mol. The van der Waals surface area contributed by atoms with Crippen molar-refractivity contribution < 1.29 is 0 Å². The third-order valence-corrected chi connectivity index (χ3v) is 4.44. The summed E-state index contributed by atoms with van der Waals surface area (Å²) in [5.41, 5.74) is 6.25. The Balaban J connectivity index is 2.10. The van der Waals surface area contributed by atoms with Gasteiger partial charge in [-0.05, 0) is 31.0 Å². The van der Waals surface area contributed by atoms with Gasteiger partial charge >= 0.3 is 0 Å². The lowest BCUT2D eigenvalue weighted by molar-refractivity contribution is 0.746. The largest absolute Gasteiger partial charge is 0.343 e. The predicted molar refractivity (Wildman–Crippen MR) is 98.4 cm³/mol. The molecule has 0 aliphatic carbocycles. The molecule has 0 unspecified atom stereocenters. The van der Waals surface area contributed by atoms with E-state index in [9.17, 15) is 5.26 Å². The number of benzene rings is 1. The van der Waals surface area contributed by atoms with Crippen LogP contribution in [0.2, 0.25) is 0 Å². The minimum atomic E-state index is 0.514. The summed E-state index contributed by atoms with van der Waals surface area (Å²) in [5, 5.41) is 18.7. The van der Waals surface area contributed by atoms with Crippen molar-refractivity contribution in [3.8, 4) is 23.3 Å². The van der Waals surface area contributed by atoms with Crippen molar-refractivity contribution in [2.75, 3.05) is 0 Å². The van der Waals surface area contributed by atoms with Gasteiger partial charge in [0.2, 0.25) is 0 Å². The van der Waals surface area contributed by atoms with Gasteiger partial charge in [-0.25, -0.2) is 4.85 Å². The van der Waals surface area contributed by atoms with Crippen LogP contribution in [0.15, 0.2) is 42.7 Å². The maximum atomic E-state index is 9.68. The molecule has 0 aliphatic heterocycles. The van der Waals surface area contributed by atoms with Crippen LogP contribution in [0.25, 0.3) is 16.0 Å². The molecule has 0 N–H and O–H groups in total. The van der Waals surface area contributed by atoms with E-state index in [1.807, 2.05) is 32.0 Å². The van der Waals surface area contributed by atoms with Crippen molar-refractivity contribution in [1.82, 2.24) is 9.55 Å². The Kier molecular flexibility index (Phi) is 4.52. The molecule has 0 aliphatic rings. The smallest absolute Gasteiger partial charge is 0.187 e. The SMILES string of the molecule is [C-]#[N+]c1ccc(-c2c(C#N)c(C)n(Cc3cncc(C#N)c3)c2C)cc1. The van der Waals surface area contributed by atoms with Gasteiger partial charge in [0.05, 0.1) is 17.7 Å². The van der Waals surface area contributed by atoms with Gasteiger partial charge in [-0.3, -0.25) is 4.98 Å². The number of hydrogen-bond acceptors (Lipinski definition) is 3. The van der Waals surface area contributed by atoms with Crippen LogP contribution in [0.5, 0.6) is 0 Å². The number of hydrogen-bond donors (Lipinski definition) is 0. The predicted octanol–water partition coefficient (Wildman–Crippen LogP) is 4.51. The van der Waals surface area contributed by atoms with Gasteiger partial charge in [0.25, 0.3) is 0 Å². The normalized spacial score (nSPS) is 9.96. The van der Waals surface area contributed by atoms with Crippen LogP contribution in [0.1, 0.15) is 28.1 Å². The Morgan fingerprint density at radius 3 is 2.42 bits per heavy atom. The first-order valence-corrected chi connectivity index (χ1v) is 8.00. The molecule has 5 nitrogen and oxygen atoms in total. The van der Waals surface area contributed by atoms with Crippen molar-refractivity contribution in [3.63, 3.8) is 0 Å². The Labute approximate surface area is 152 Å². The molecule has 26 heavy (non-hydrogen) atoms. The quantitative estimate of drug-likeness (QED) is 0.660. The van der Waals surface area contributed by atoms with Crippen molar-refractivity contribution in [1.29, 1.82) is 10.5 Å². The Morgan fingerprint density at radius 1 is 1.08 bits per heavy atom. The average Bonchev–Trinajstić information content (AvgIpc) is 2.92. The van der Waals surface area contributed by atoms with Crippen molar-refractivity contribution in [2.45, 2.75) is 20.4 Å².